The highest BCUT2D eigenvalue weighted by atomic mass is 32.2. The van der Waals surface area contributed by atoms with Crippen molar-refractivity contribution in [1.29, 1.82) is 0 Å². The number of rotatable bonds is 10. The zero-order valence-electron chi connectivity index (χ0n) is 18.2. The van der Waals surface area contributed by atoms with E-state index < -0.39 is 5.91 Å². The molecule has 2 N–H and O–H groups in total. The Labute approximate surface area is 189 Å². The van der Waals surface area contributed by atoms with Crippen molar-refractivity contribution >= 4 is 17.9 Å². The average Bonchev–Trinajstić information content (AvgIpc) is 2.82. The third kappa shape index (κ3) is 6.92. The van der Waals surface area contributed by atoms with Crippen LogP contribution in [-0.2, 0) is 16.1 Å². The number of carbonyl (C=O) groups is 1. The van der Waals surface area contributed by atoms with Crippen LogP contribution in [0.15, 0.2) is 65.1 Å². The maximum Gasteiger partial charge on any atom is 0.270 e. The zero-order chi connectivity index (χ0) is 22.1. The van der Waals surface area contributed by atoms with Crippen LogP contribution in [0.5, 0.6) is 0 Å². The summed E-state index contributed by atoms with van der Waals surface area (Å²) in [7, 11) is 1.74. The lowest BCUT2D eigenvalue weighted by atomic mass is 10.0. The average molecular weight is 442 g/mol. The summed E-state index contributed by atoms with van der Waals surface area (Å²) in [5, 5.41) is 8.74. The van der Waals surface area contributed by atoms with E-state index in [0.29, 0.717) is 18.5 Å². The summed E-state index contributed by atoms with van der Waals surface area (Å²) < 4.78 is 7.40. The first-order valence-electron chi connectivity index (χ1n) is 10.6. The first kappa shape index (κ1) is 23.5. The molecule has 0 fully saturated rings. The fourth-order valence-corrected chi connectivity index (χ4v) is 4.39. The minimum atomic E-state index is -0.405. The Morgan fingerprint density at radius 2 is 1.84 bits per heavy atom. The summed E-state index contributed by atoms with van der Waals surface area (Å²) in [5.74, 6) is -0.405. The Hall–Kier alpha value is -2.16. The molecule has 31 heavy (non-hydrogen) atoms. The number of carbonyl (C=O) groups excluding carboxylic acids is 1. The van der Waals surface area contributed by atoms with Crippen molar-refractivity contribution in [2.75, 3.05) is 39.9 Å². The molecule has 1 heterocycles. The van der Waals surface area contributed by atoms with Gasteiger partial charge in [-0.3, -0.25) is 14.9 Å². The largest absolute Gasteiger partial charge is 0.383 e. The molecule has 1 amide bonds. The second-order valence-electron chi connectivity index (χ2n) is 7.48. The van der Waals surface area contributed by atoms with Crippen LogP contribution in [-0.4, -0.2) is 60.2 Å². The van der Waals surface area contributed by atoms with Gasteiger partial charge in [-0.25, -0.2) is 9.79 Å². The molecule has 166 valence electrons. The highest BCUT2D eigenvalue weighted by molar-refractivity contribution is 7.97. The molecule has 1 aliphatic rings. The van der Waals surface area contributed by atoms with Crippen molar-refractivity contribution in [1.82, 2.24) is 14.7 Å². The maximum atomic E-state index is 11.5. The third-order valence-electron chi connectivity index (χ3n) is 5.41. The molecule has 0 unspecified atom stereocenters. The number of hydrogen-bond acceptors (Lipinski definition) is 6. The zero-order valence-corrected chi connectivity index (χ0v) is 19.0. The Morgan fingerprint density at radius 3 is 2.39 bits per heavy atom. The molecule has 3 rings (SSSR count). The summed E-state index contributed by atoms with van der Waals surface area (Å²) in [6.07, 6.45) is 2.50. The van der Waals surface area contributed by atoms with Gasteiger partial charge in [-0.1, -0.05) is 49.4 Å². The molecule has 0 saturated heterocycles. The minimum absolute atomic E-state index is 0.405. The van der Waals surface area contributed by atoms with Gasteiger partial charge in [0.2, 0.25) is 0 Å². The van der Waals surface area contributed by atoms with Crippen LogP contribution >= 0.6 is 11.9 Å². The van der Waals surface area contributed by atoms with Crippen LogP contribution in [0, 0.1) is 0 Å². The van der Waals surface area contributed by atoms with Crippen LogP contribution in [0.2, 0.25) is 0 Å². The van der Waals surface area contributed by atoms with E-state index >= 15 is 0 Å². The predicted molar refractivity (Wildman–Crippen MR) is 125 cm³/mol. The molecule has 0 spiro atoms. The second-order valence-corrected chi connectivity index (χ2v) is 8.65. The van der Waals surface area contributed by atoms with Gasteiger partial charge in [0.15, 0.2) is 0 Å². The van der Waals surface area contributed by atoms with Crippen LogP contribution in [0.1, 0.15) is 18.9 Å². The van der Waals surface area contributed by atoms with Crippen LogP contribution in [0.4, 0.5) is 0 Å². The summed E-state index contributed by atoms with van der Waals surface area (Å²) in [4.78, 5) is 15.0. The molecule has 0 aliphatic carbocycles. The molecular weight excluding hydrogens is 410 g/mol. The van der Waals surface area contributed by atoms with Gasteiger partial charge in [-0.2, -0.15) is 0 Å². The van der Waals surface area contributed by atoms with E-state index in [1.54, 1.807) is 24.5 Å². The summed E-state index contributed by atoms with van der Waals surface area (Å²) in [6, 6.07) is 17.3. The van der Waals surface area contributed by atoms with E-state index in [4.69, 9.17) is 9.94 Å². The summed E-state index contributed by atoms with van der Waals surface area (Å²) in [5.41, 5.74) is 6.06. The fourth-order valence-electron chi connectivity index (χ4n) is 3.50. The Morgan fingerprint density at radius 1 is 1.16 bits per heavy atom. The van der Waals surface area contributed by atoms with Gasteiger partial charge in [0.25, 0.3) is 5.91 Å². The lowest BCUT2D eigenvalue weighted by Crippen LogP contribution is -2.29. The van der Waals surface area contributed by atoms with Crippen LogP contribution < -0.4 is 5.48 Å². The van der Waals surface area contributed by atoms with Gasteiger partial charge >= 0.3 is 0 Å². The molecular formula is C24H31N3O3S. The van der Waals surface area contributed by atoms with E-state index in [1.807, 2.05) is 6.08 Å². The molecule has 0 radical (unpaired) electrons. The molecule has 0 bridgehead atoms. The highest BCUT2D eigenvalue weighted by Gasteiger charge is 2.17. The first-order chi connectivity index (χ1) is 15.1. The monoisotopic (exact) mass is 441 g/mol. The lowest BCUT2D eigenvalue weighted by molar-refractivity contribution is -0.125. The normalized spacial score (nSPS) is 14.5. The number of benzene rings is 2. The Bertz CT molecular complexity index is 869. The number of methoxy groups -OCH3 is 1. The standard InChI is InChI=1S/C24H31N3O3S/c1-3-26(16-17-30-2)18-19-4-6-20(7-5-19)21-8-10-23(11-9-21)31-27-14-12-22(13-15-27)24(28)25-29/h4-12,29H,3,13-18H2,1-2H3,(H,25,28). The van der Waals surface area contributed by atoms with E-state index in [1.165, 1.54) is 21.6 Å². The third-order valence-corrected chi connectivity index (χ3v) is 6.48. The van der Waals surface area contributed by atoms with Crippen molar-refractivity contribution in [3.05, 3.63) is 65.7 Å². The number of hydrogen-bond donors (Lipinski definition) is 2. The summed E-state index contributed by atoms with van der Waals surface area (Å²) >= 11 is 1.69. The van der Waals surface area contributed by atoms with E-state index in [9.17, 15) is 4.79 Å². The van der Waals surface area contributed by atoms with Crippen LogP contribution in [0.25, 0.3) is 11.1 Å². The fraction of sp³-hybridized carbons (Fsp3) is 0.375. The Kier molecular flexibility index (Phi) is 9.12. The van der Waals surface area contributed by atoms with E-state index in [-0.39, 0.29) is 0 Å². The summed E-state index contributed by atoms with van der Waals surface area (Å²) in [6.45, 7) is 7.26. The Balaban J connectivity index is 1.55. The van der Waals surface area contributed by atoms with Crippen molar-refractivity contribution in [3.63, 3.8) is 0 Å². The van der Waals surface area contributed by atoms with Gasteiger partial charge < -0.3 is 4.74 Å². The smallest absolute Gasteiger partial charge is 0.270 e. The SMILES string of the molecule is CCN(CCOC)Cc1ccc(-c2ccc(SN3CC=C(C(=O)NO)CC3)cc2)cc1. The van der Waals surface area contributed by atoms with Gasteiger partial charge in [0, 0.05) is 43.8 Å². The molecule has 0 aromatic heterocycles. The molecule has 1 aliphatic heterocycles. The molecule has 2 aromatic carbocycles. The predicted octanol–water partition coefficient (Wildman–Crippen LogP) is 3.97. The first-order valence-corrected chi connectivity index (χ1v) is 11.4. The molecule has 6 nitrogen and oxygen atoms in total. The molecule has 0 saturated carbocycles. The lowest BCUT2D eigenvalue weighted by Gasteiger charge is -2.24. The topological polar surface area (TPSA) is 65.0 Å². The number of hydroxylamine groups is 1. The number of likely N-dealkylation sites (N-methyl/N-ethyl adjacent to an activating group) is 1. The molecule has 0 atom stereocenters. The maximum absolute atomic E-state index is 11.5. The molecule has 2 aromatic rings. The van der Waals surface area contributed by atoms with Gasteiger partial charge in [-0.15, -0.1) is 0 Å². The van der Waals surface area contributed by atoms with E-state index in [0.717, 1.165) is 32.8 Å². The van der Waals surface area contributed by atoms with Crippen LogP contribution in [0.3, 0.4) is 0 Å². The second kappa shape index (κ2) is 12.0. The van der Waals surface area contributed by atoms with Gasteiger partial charge in [0.05, 0.1) is 6.61 Å². The number of ether oxygens (including phenoxy) is 1. The molecule has 7 heteroatoms. The van der Waals surface area contributed by atoms with Crippen molar-refractivity contribution in [3.8, 4) is 11.1 Å². The van der Waals surface area contributed by atoms with Crippen molar-refractivity contribution < 1.29 is 14.7 Å². The van der Waals surface area contributed by atoms with Crippen molar-refractivity contribution in [2.24, 2.45) is 0 Å². The number of nitrogens with one attached hydrogen (secondary N) is 1. The quantitative estimate of drug-likeness (QED) is 0.330. The van der Waals surface area contributed by atoms with Crippen molar-refractivity contribution in [2.45, 2.75) is 24.8 Å². The van der Waals surface area contributed by atoms with Gasteiger partial charge in [0.1, 0.15) is 0 Å². The van der Waals surface area contributed by atoms with E-state index in [2.05, 4.69) is 64.7 Å². The van der Waals surface area contributed by atoms with Gasteiger partial charge in [-0.05, 0) is 53.7 Å². The number of nitrogens with zero attached hydrogens (tertiary/aromatic N) is 2. The highest BCUT2D eigenvalue weighted by Crippen LogP contribution is 2.28. The minimum Gasteiger partial charge on any atom is -0.383 e. The number of amides is 1.